The molecule has 6 heteroatoms. The molecular formula is C21H26N4O2. The summed E-state index contributed by atoms with van der Waals surface area (Å²) in [6, 6.07) is 7.98. The molecule has 2 aliphatic heterocycles. The minimum Gasteiger partial charge on any atom is -0.391 e. The number of hydrogen-bond donors (Lipinski definition) is 2. The van der Waals surface area contributed by atoms with Crippen molar-refractivity contribution in [3.8, 4) is 0 Å². The fourth-order valence-electron chi connectivity index (χ4n) is 5.19. The van der Waals surface area contributed by atoms with Gasteiger partial charge in [0.2, 0.25) is 0 Å². The van der Waals surface area contributed by atoms with E-state index in [1.165, 1.54) is 5.56 Å². The number of amides is 1. The van der Waals surface area contributed by atoms with Gasteiger partial charge in [0.25, 0.3) is 5.91 Å². The summed E-state index contributed by atoms with van der Waals surface area (Å²) in [6.07, 6.45) is 7.06. The summed E-state index contributed by atoms with van der Waals surface area (Å²) < 4.78 is 1.88. The molecule has 0 radical (unpaired) electrons. The second-order valence-electron chi connectivity index (χ2n) is 8.19. The van der Waals surface area contributed by atoms with E-state index in [2.05, 4.69) is 16.5 Å². The Morgan fingerprint density at radius 1 is 1.19 bits per heavy atom. The number of anilines is 1. The SMILES string of the molecule is O=C(c1cccc2c1NCCC2)N1C[C@H]2C[C@@H](n3cccn3)[C@H](O)C[C@H]2C1. The molecule has 6 nitrogen and oxygen atoms in total. The van der Waals surface area contributed by atoms with Crippen LogP contribution in [0.25, 0.3) is 0 Å². The van der Waals surface area contributed by atoms with Crippen LogP contribution in [0.1, 0.15) is 41.2 Å². The largest absolute Gasteiger partial charge is 0.391 e. The summed E-state index contributed by atoms with van der Waals surface area (Å²) >= 11 is 0. The van der Waals surface area contributed by atoms with Crippen molar-refractivity contribution >= 4 is 11.6 Å². The van der Waals surface area contributed by atoms with E-state index in [-0.39, 0.29) is 11.9 Å². The van der Waals surface area contributed by atoms with Gasteiger partial charge in [0, 0.05) is 32.0 Å². The van der Waals surface area contributed by atoms with E-state index in [9.17, 15) is 9.90 Å². The monoisotopic (exact) mass is 366 g/mol. The molecule has 1 aromatic carbocycles. The molecule has 1 aromatic heterocycles. The van der Waals surface area contributed by atoms with Crippen molar-refractivity contribution < 1.29 is 9.90 Å². The molecule has 0 bridgehead atoms. The molecule has 142 valence electrons. The normalized spacial score (nSPS) is 29.7. The van der Waals surface area contributed by atoms with Gasteiger partial charge >= 0.3 is 0 Å². The number of aliphatic hydroxyl groups is 1. The van der Waals surface area contributed by atoms with E-state index < -0.39 is 6.10 Å². The number of fused-ring (bicyclic) bond motifs is 2. The maximum Gasteiger partial charge on any atom is 0.255 e. The van der Waals surface area contributed by atoms with Gasteiger partial charge in [0.15, 0.2) is 0 Å². The Labute approximate surface area is 159 Å². The summed E-state index contributed by atoms with van der Waals surface area (Å²) in [6.45, 7) is 2.45. The summed E-state index contributed by atoms with van der Waals surface area (Å²) in [4.78, 5) is 15.3. The third-order valence-electron chi connectivity index (χ3n) is 6.57. The molecule has 0 unspecified atom stereocenters. The van der Waals surface area contributed by atoms with Gasteiger partial charge in [-0.2, -0.15) is 5.10 Å². The van der Waals surface area contributed by atoms with Crippen LogP contribution in [0, 0.1) is 11.8 Å². The number of aryl methyl sites for hydroxylation is 1. The molecule has 2 N–H and O–H groups in total. The fraction of sp³-hybridized carbons (Fsp3) is 0.524. The molecular weight excluding hydrogens is 340 g/mol. The van der Waals surface area contributed by atoms with Crippen LogP contribution < -0.4 is 5.32 Å². The quantitative estimate of drug-likeness (QED) is 0.856. The number of hydrogen-bond acceptors (Lipinski definition) is 4. The maximum atomic E-state index is 13.3. The second kappa shape index (κ2) is 6.68. The molecule has 1 saturated heterocycles. The highest BCUT2D eigenvalue weighted by molar-refractivity contribution is 6.00. The first kappa shape index (κ1) is 16.8. The molecule has 1 saturated carbocycles. The predicted molar refractivity (Wildman–Crippen MR) is 103 cm³/mol. The number of nitrogens with zero attached hydrogens (tertiary/aromatic N) is 3. The first-order valence-electron chi connectivity index (χ1n) is 10.0. The van der Waals surface area contributed by atoms with Crippen LogP contribution in [0.15, 0.2) is 36.7 Å². The van der Waals surface area contributed by atoms with E-state index in [0.29, 0.717) is 11.8 Å². The smallest absolute Gasteiger partial charge is 0.255 e. The number of carbonyl (C=O) groups excluding carboxylic acids is 1. The molecule has 2 fully saturated rings. The lowest BCUT2D eigenvalue weighted by Gasteiger charge is -2.35. The Morgan fingerprint density at radius 3 is 2.85 bits per heavy atom. The number of aliphatic hydroxyl groups excluding tert-OH is 1. The van der Waals surface area contributed by atoms with Gasteiger partial charge < -0.3 is 15.3 Å². The van der Waals surface area contributed by atoms with E-state index in [1.807, 2.05) is 34.0 Å². The minimum atomic E-state index is -0.396. The van der Waals surface area contributed by atoms with Crippen LogP contribution >= 0.6 is 0 Å². The Hall–Kier alpha value is -2.34. The molecule has 1 aliphatic carbocycles. The number of carbonyl (C=O) groups is 1. The van der Waals surface area contributed by atoms with Crippen LogP contribution in [-0.4, -0.2) is 51.4 Å². The van der Waals surface area contributed by atoms with E-state index in [1.54, 1.807) is 6.20 Å². The standard InChI is InChI=1S/C21H26N4O2/c26-19-11-16-13-24(12-15(16)10-18(19)25-9-3-8-23-25)21(27)17-6-1-4-14-5-2-7-22-20(14)17/h1,3-4,6,8-9,15-16,18-19,22,26H,2,5,7,10-13H2/t15-,16+,18-,19-/m1/s1. The zero-order chi connectivity index (χ0) is 18.4. The molecule has 0 spiro atoms. The van der Waals surface area contributed by atoms with Gasteiger partial charge in [-0.25, -0.2) is 0 Å². The third-order valence-corrected chi connectivity index (χ3v) is 6.57. The van der Waals surface area contributed by atoms with Crippen molar-refractivity contribution in [2.75, 3.05) is 25.0 Å². The van der Waals surface area contributed by atoms with E-state index in [0.717, 1.165) is 56.6 Å². The van der Waals surface area contributed by atoms with Gasteiger partial charge in [-0.3, -0.25) is 9.48 Å². The van der Waals surface area contributed by atoms with Crippen LogP contribution in [0.4, 0.5) is 5.69 Å². The van der Waals surface area contributed by atoms with Gasteiger partial charge in [-0.05, 0) is 55.2 Å². The summed E-state index contributed by atoms with van der Waals surface area (Å²) in [5, 5.41) is 18.4. The minimum absolute atomic E-state index is 0.0162. The average Bonchev–Trinajstić information content (AvgIpc) is 3.35. The Morgan fingerprint density at radius 2 is 2.04 bits per heavy atom. The molecule has 3 heterocycles. The van der Waals surface area contributed by atoms with Crippen LogP contribution in [0.3, 0.4) is 0 Å². The molecule has 5 rings (SSSR count). The van der Waals surface area contributed by atoms with E-state index in [4.69, 9.17) is 0 Å². The molecule has 3 aliphatic rings. The van der Waals surface area contributed by atoms with Crippen molar-refractivity contribution in [3.63, 3.8) is 0 Å². The average molecular weight is 366 g/mol. The first-order chi connectivity index (χ1) is 13.2. The highest BCUT2D eigenvalue weighted by Gasteiger charge is 2.44. The van der Waals surface area contributed by atoms with Gasteiger partial charge in [-0.1, -0.05) is 12.1 Å². The fourth-order valence-corrected chi connectivity index (χ4v) is 5.19. The Kier molecular flexibility index (Phi) is 4.16. The summed E-state index contributed by atoms with van der Waals surface area (Å²) in [5.41, 5.74) is 3.07. The molecule has 27 heavy (non-hydrogen) atoms. The summed E-state index contributed by atoms with van der Waals surface area (Å²) in [5.74, 6) is 0.933. The van der Waals surface area contributed by atoms with Crippen molar-refractivity contribution in [2.24, 2.45) is 11.8 Å². The van der Waals surface area contributed by atoms with Crippen LogP contribution in [0.5, 0.6) is 0 Å². The number of likely N-dealkylation sites (tertiary alicyclic amines) is 1. The lowest BCUT2D eigenvalue weighted by Crippen LogP contribution is -2.36. The zero-order valence-corrected chi connectivity index (χ0v) is 15.4. The number of nitrogens with one attached hydrogen (secondary N) is 1. The van der Waals surface area contributed by atoms with Gasteiger partial charge in [0.1, 0.15) is 0 Å². The van der Waals surface area contributed by atoms with E-state index >= 15 is 0 Å². The highest BCUT2D eigenvalue weighted by atomic mass is 16.3. The highest BCUT2D eigenvalue weighted by Crippen LogP contribution is 2.41. The third kappa shape index (κ3) is 2.92. The summed E-state index contributed by atoms with van der Waals surface area (Å²) in [7, 11) is 0. The maximum absolute atomic E-state index is 13.3. The van der Waals surface area contributed by atoms with Crippen LogP contribution in [-0.2, 0) is 6.42 Å². The lowest BCUT2D eigenvalue weighted by molar-refractivity contribution is 0.0306. The zero-order valence-electron chi connectivity index (χ0n) is 15.4. The van der Waals surface area contributed by atoms with Crippen molar-refractivity contribution in [2.45, 2.75) is 37.8 Å². The number of aromatic nitrogens is 2. The second-order valence-corrected chi connectivity index (χ2v) is 8.19. The number of para-hydroxylation sites is 1. The molecule has 4 atom stereocenters. The Bertz CT molecular complexity index is 835. The lowest BCUT2D eigenvalue weighted by atomic mass is 9.77. The Balaban J connectivity index is 1.35. The van der Waals surface area contributed by atoms with Gasteiger partial charge in [-0.15, -0.1) is 0 Å². The van der Waals surface area contributed by atoms with Crippen molar-refractivity contribution in [1.29, 1.82) is 0 Å². The van der Waals surface area contributed by atoms with Crippen molar-refractivity contribution in [3.05, 3.63) is 47.8 Å². The number of rotatable bonds is 2. The first-order valence-corrected chi connectivity index (χ1v) is 10.0. The topological polar surface area (TPSA) is 70.4 Å². The molecule has 1 amide bonds. The predicted octanol–water partition coefficient (Wildman–Crippen LogP) is 2.33. The van der Waals surface area contributed by atoms with Crippen LogP contribution in [0.2, 0.25) is 0 Å². The van der Waals surface area contributed by atoms with Crippen molar-refractivity contribution in [1.82, 2.24) is 14.7 Å². The van der Waals surface area contributed by atoms with Gasteiger partial charge in [0.05, 0.1) is 23.4 Å². The molecule has 2 aromatic rings. The number of benzene rings is 1.